The smallest absolute Gasteiger partial charge is 0.229 e. The van der Waals surface area contributed by atoms with E-state index in [1.54, 1.807) is 0 Å². The van der Waals surface area contributed by atoms with Gasteiger partial charge in [-0.15, -0.1) is 12.4 Å². The molecule has 0 unspecified atom stereocenters. The summed E-state index contributed by atoms with van der Waals surface area (Å²) >= 11 is 0. The molecule has 0 bridgehead atoms. The number of halogens is 1. The molecule has 1 aromatic heterocycles. The van der Waals surface area contributed by atoms with Crippen LogP contribution in [0.4, 0.5) is 0 Å². The number of hydrogen-bond acceptors (Lipinski definition) is 6. The van der Waals surface area contributed by atoms with Crippen LogP contribution >= 0.6 is 12.4 Å². The van der Waals surface area contributed by atoms with Crippen LogP contribution in [0.3, 0.4) is 0 Å². The second-order valence-corrected chi connectivity index (χ2v) is 7.89. The lowest BCUT2D eigenvalue weighted by molar-refractivity contribution is -0.132. The van der Waals surface area contributed by atoms with Crippen molar-refractivity contribution in [3.8, 4) is 5.75 Å². The van der Waals surface area contributed by atoms with E-state index in [9.17, 15) is 4.79 Å². The van der Waals surface area contributed by atoms with E-state index in [1.165, 1.54) is 0 Å². The van der Waals surface area contributed by atoms with Crippen LogP contribution in [0.1, 0.15) is 62.6 Å². The Balaban J connectivity index is 0.00000240. The minimum absolute atomic E-state index is 0. The average Bonchev–Trinajstić information content (AvgIpc) is 3.39. The highest BCUT2D eigenvalue weighted by Crippen LogP contribution is 2.36. The number of para-hydroxylation sites is 1. The summed E-state index contributed by atoms with van der Waals surface area (Å²) in [6, 6.07) is 9.57. The van der Waals surface area contributed by atoms with Crippen molar-refractivity contribution >= 4 is 18.3 Å². The molecule has 0 spiro atoms. The summed E-state index contributed by atoms with van der Waals surface area (Å²) < 4.78 is 11.2. The Morgan fingerprint density at radius 2 is 1.90 bits per heavy atom. The number of carbonyl (C=O) groups excluding carboxylic acids is 1. The summed E-state index contributed by atoms with van der Waals surface area (Å²) in [5, 5.41) is 4.16. The van der Waals surface area contributed by atoms with E-state index in [4.69, 9.17) is 15.0 Å². The van der Waals surface area contributed by atoms with E-state index < -0.39 is 5.54 Å². The van der Waals surface area contributed by atoms with Gasteiger partial charge in [0.15, 0.2) is 5.82 Å². The van der Waals surface area contributed by atoms with Crippen molar-refractivity contribution in [2.75, 3.05) is 19.7 Å². The highest BCUT2D eigenvalue weighted by atomic mass is 35.5. The molecule has 1 aliphatic carbocycles. The first kappa shape index (κ1) is 21.6. The van der Waals surface area contributed by atoms with Crippen LogP contribution in [-0.4, -0.2) is 40.6 Å². The summed E-state index contributed by atoms with van der Waals surface area (Å²) in [5.74, 6) is 2.45. The fraction of sp³-hybridized carbons (Fsp3) is 0.571. The van der Waals surface area contributed by atoms with E-state index in [0.717, 1.165) is 44.3 Å². The van der Waals surface area contributed by atoms with Crippen LogP contribution in [0, 0.1) is 0 Å². The average molecular weight is 421 g/mol. The molecule has 2 heterocycles. The molecule has 2 aromatic rings. The van der Waals surface area contributed by atoms with Crippen molar-refractivity contribution in [3.05, 3.63) is 42.0 Å². The molecule has 0 radical (unpaired) electrons. The first-order chi connectivity index (χ1) is 13.6. The van der Waals surface area contributed by atoms with Gasteiger partial charge in [-0.25, -0.2) is 0 Å². The van der Waals surface area contributed by atoms with Gasteiger partial charge in [0.05, 0.1) is 18.6 Å². The van der Waals surface area contributed by atoms with Crippen molar-refractivity contribution in [2.24, 2.45) is 5.73 Å². The van der Waals surface area contributed by atoms with Crippen molar-refractivity contribution in [2.45, 2.75) is 56.4 Å². The largest absolute Gasteiger partial charge is 0.493 e. The van der Waals surface area contributed by atoms with Crippen LogP contribution in [0.15, 0.2) is 34.9 Å². The van der Waals surface area contributed by atoms with Crippen LogP contribution in [0.25, 0.3) is 0 Å². The molecular weight excluding hydrogens is 392 g/mol. The highest BCUT2D eigenvalue weighted by Gasteiger charge is 2.37. The Bertz CT molecular complexity index is 784. The van der Waals surface area contributed by atoms with Crippen molar-refractivity contribution < 1.29 is 14.1 Å². The zero-order valence-electron chi connectivity index (χ0n) is 16.6. The standard InChI is InChI=1S/C21H28N4O3.ClH/c22-21(11-4-5-12-21)20-23-19(28-24-20)16-8-13-25(14-9-16)18(26)10-15-27-17-6-2-1-3-7-17;/h1-3,6-7,16H,4-5,8-15,22H2;1H. The second-order valence-electron chi connectivity index (χ2n) is 7.89. The van der Waals surface area contributed by atoms with Crippen molar-refractivity contribution in [3.63, 3.8) is 0 Å². The molecule has 158 valence electrons. The van der Waals surface area contributed by atoms with E-state index in [-0.39, 0.29) is 24.2 Å². The number of carbonyl (C=O) groups is 1. The van der Waals surface area contributed by atoms with E-state index >= 15 is 0 Å². The number of piperidine rings is 1. The number of hydrogen-bond donors (Lipinski definition) is 1. The molecule has 2 fully saturated rings. The minimum atomic E-state index is -0.419. The number of benzene rings is 1. The summed E-state index contributed by atoms with van der Waals surface area (Å²) in [7, 11) is 0. The van der Waals surface area contributed by atoms with Gasteiger partial charge in [0, 0.05) is 19.0 Å². The Labute approximate surface area is 177 Å². The zero-order valence-corrected chi connectivity index (χ0v) is 17.4. The van der Waals surface area contributed by atoms with E-state index in [1.807, 2.05) is 35.2 Å². The first-order valence-corrected chi connectivity index (χ1v) is 10.2. The Morgan fingerprint density at radius 1 is 1.21 bits per heavy atom. The van der Waals surface area contributed by atoms with E-state index in [0.29, 0.717) is 37.8 Å². The molecule has 1 saturated carbocycles. The van der Waals surface area contributed by atoms with Crippen LogP contribution in [-0.2, 0) is 10.3 Å². The molecule has 2 aliphatic rings. The normalized spacial score (nSPS) is 19.0. The Morgan fingerprint density at radius 3 is 2.59 bits per heavy atom. The molecule has 2 N–H and O–H groups in total. The maximum absolute atomic E-state index is 12.4. The molecule has 1 amide bonds. The third-order valence-electron chi connectivity index (χ3n) is 5.91. The predicted octanol–water partition coefficient (Wildman–Crippen LogP) is 3.39. The van der Waals surface area contributed by atoms with Gasteiger partial charge >= 0.3 is 0 Å². The van der Waals surface area contributed by atoms with Gasteiger partial charge in [0.1, 0.15) is 5.75 Å². The maximum atomic E-state index is 12.4. The molecule has 8 heteroatoms. The monoisotopic (exact) mass is 420 g/mol. The maximum Gasteiger partial charge on any atom is 0.229 e. The fourth-order valence-corrected chi connectivity index (χ4v) is 4.14. The quantitative estimate of drug-likeness (QED) is 0.769. The highest BCUT2D eigenvalue weighted by molar-refractivity contribution is 5.85. The Kier molecular flexibility index (Phi) is 7.14. The lowest BCUT2D eigenvalue weighted by Crippen LogP contribution is -2.38. The molecule has 1 aromatic carbocycles. The fourth-order valence-electron chi connectivity index (χ4n) is 4.14. The van der Waals surface area contributed by atoms with Gasteiger partial charge in [-0.3, -0.25) is 4.79 Å². The first-order valence-electron chi connectivity index (χ1n) is 10.2. The number of likely N-dealkylation sites (tertiary alicyclic amines) is 1. The van der Waals surface area contributed by atoms with Gasteiger partial charge in [-0.2, -0.15) is 4.98 Å². The summed E-state index contributed by atoms with van der Waals surface area (Å²) in [6.07, 6.45) is 6.15. The van der Waals surface area contributed by atoms with Gasteiger partial charge in [0.2, 0.25) is 11.8 Å². The van der Waals surface area contributed by atoms with Crippen LogP contribution in [0.2, 0.25) is 0 Å². The minimum Gasteiger partial charge on any atom is -0.493 e. The second kappa shape index (κ2) is 9.59. The number of amides is 1. The molecule has 4 rings (SSSR count). The number of aromatic nitrogens is 2. The van der Waals surface area contributed by atoms with Gasteiger partial charge in [-0.05, 0) is 37.8 Å². The van der Waals surface area contributed by atoms with Gasteiger partial charge in [-0.1, -0.05) is 36.2 Å². The number of nitrogens with zero attached hydrogens (tertiary/aromatic N) is 3. The molecule has 0 atom stereocenters. The third kappa shape index (κ3) is 5.08. The molecular formula is C21H29ClN4O3. The molecule has 7 nitrogen and oxygen atoms in total. The summed E-state index contributed by atoms with van der Waals surface area (Å²) in [4.78, 5) is 19.0. The van der Waals surface area contributed by atoms with Gasteiger partial charge < -0.3 is 19.9 Å². The SMILES string of the molecule is Cl.NC1(c2noc(C3CCN(C(=O)CCOc4ccccc4)CC3)n2)CCCC1. The van der Waals surface area contributed by atoms with Crippen LogP contribution < -0.4 is 10.5 Å². The zero-order chi connectivity index (χ0) is 19.4. The van der Waals surface area contributed by atoms with Crippen molar-refractivity contribution in [1.82, 2.24) is 15.0 Å². The summed E-state index contributed by atoms with van der Waals surface area (Å²) in [5.41, 5.74) is 6.00. The topological polar surface area (TPSA) is 94.5 Å². The molecule has 1 saturated heterocycles. The van der Waals surface area contributed by atoms with Crippen LogP contribution in [0.5, 0.6) is 5.75 Å². The van der Waals surface area contributed by atoms with Gasteiger partial charge in [0.25, 0.3) is 0 Å². The predicted molar refractivity (Wildman–Crippen MR) is 111 cm³/mol. The molecule has 1 aliphatic heterocycles. The van der Waals surface area contributed by atoms with Crippen molar-refractivity contribution in [1.29, 1.82) is 0 Å². The number of rotatable bonds is 6. The lowest BCUT2D eigenvalue weighted by atomic mass is 9.95. The lowest BCUT2D eigenvalue weighted by Gasteiger charge is -2.30. The third-order valence-corrected chi connectivity index (χ3v) is 5.91. The van der Waals surface area contributed by atoms with E-state index in [2.05, 4.69) is 10.1 Å². The Hall–Kier alpha value is -2.12. The summed E-state index contributed by atoms with van der Waals surface area (Å²) in [6.45, 7) is 1.81. The number of nitrogens with two attached hydrogens (primary N) is 1. The molecule has 29 heavy (non-hydrogen) atoms. The number of ether oxygens (including phenoxy) is 1.